The quantitative estimate of drug-likeness (QED) is 0.414. The van der Waals surface area contributed by atoms with E-state index in [0.717, 1.165) is 6.04 Å². The molecule has 0 heterocycles. The van der Waals surface area contributed by atoms with Crippen LogP contribution < -0.4 is 5.32 Å². The SMILES string of the molecule is C=CCCCCCC(CC)NCCC. The lowest BCUT2D eigenvalue weighted by molar-refractivity contribution is 0.446. The minimum absolute atomic E-state index is 0.749. The molecule has 0 aromatic heterocycles. The third-order valence-corrected chi connectivity index (χ3v) is 2.64. The third-order valence-electron chi connectivity index (χ3n) is 2.64. The summed E-state index contributed by atoms with van der Waals surface area (Å²) in [4.78, 5) is 0. The van der Waals surface area contributed by atoms with Crippen molar-refractivity contribution in [1.29, 1.82) is 0 Å². The molecule has 0 aromatic carbocycles. The van der Waals surface area contributed by atoms with Crippen molar-refractivity contribution < 1.29 is 0 Å². The summed E-state index contributed by atoms with van der Waals surface area (Å²) in [5, 5.41) is 3.59. The summed E-state index contributed by atoms with van der Waals surface area (Å²) in [6.45, 7) is 9.41. The van der Waals surface area contributed by atoms with Crippen LogP contribution in [0.1, 0.15) is 58.8 Å². The first-order valence-corrected chi connectivity index (χ1v) is 6.19. The highest BCUT2D eigenvalue weighted by atomic mass is 14.9. The molecule has 0 saturated heterocycles. The zero-order chi connectivity index (χ0) is 10.6. The topological polar surface area (TPSA) is 12.0 Å². The molecule has 0 aliphatic carbocycles. The van der Waals surface area contributed by atoms with Gasteiger partial charge in [0.25, 0.3) is 0 Å². The molecular formula is C13H27N. The molecule has 0 aliphatic heterocycles. The van der Waals surface area contributed by atoms with E-state index < -0.39 is 0 Å². The average Bonchev–Trinajstić information content (AvgIpc) is 2.22. The standard InChI is InChI=1S/C13H27N/c1-4-7-8-9-10-11-13(6-3)14-12-5-2/h4,13-14H,1,5-12H2,2-3H3. The molecule has 0 aliphatic rings. The average molecular weight is 197 g/mol. The third kappa shape index (κ3) is 8.31. The lowest BCUT2D eigenvalue weighted by Gasteiger charge is -2.15. The maximum atomic E-state index is 3.74. The van der Waals surface area contributed by atoms with Crippen molar-refractivity contribution >= 4 is 0 Å². The van der Waals surface area contributed by atoms with Gasteiger partial charge in [-0.15, -0.1) is 6.58 Å². The Kier molecular flexibility index (Phi) is 10.5. The Hall–Kier alpha value is -0.300. The van der Waals surface area contributed by atoms with Gasteiger partial charge in [-0.25, -0.2) is 0 Å². The van der Waals surface area contributed by atoms with Crippen LogP contribution in [0.5, 0.6) is 0 Å². The maximum absolute atomic E-state index is 3.74. The van der Waals surface area contributed by atoms with Crippen LogP contribution >= 0.6 is 0 Å². The van der Waals surface area contributed by atoms with E-state index in [2.05, 4.69) is 25.7 Å². The number of hydrogen-bond acceptors (Lipinski definition) is 1. The van der Waals surface area contributed by atoms with Crippen LogP contribution in [0, 0.1) is 0 Å². The van der Waals surface area contributed by atoms with Gasteiger partial charge in [-0.2, -0.15) is 0 Å². The van der Waals surface area contributed by atoms with E-state index in [1.807, 2.05) is 6.08 Å². The Morgan fingerprint density at radius 1 is 1.21 bits per heavy atom. The molecule has 1 atom stereocenters. The molecule has 0 fully saturated rings. The Morgan fingerprint density at radius 2 is 2.00 bits per heavy atom. The number of nitrogens with one attached hydrogen (secondary N) is 1. The monoisotopic (exact) mass is 197 g/mol. The molecule has 0 aromatic rings. The Morgan fingerprint density at radius 3 is 2.57 bits per heavy atom. The molecule has 0 radical (unpaired) electrons. The van der Waals surface area contributed by atoms with Gasteiger partial charge in [-0.05, 0) is 38.6 Å². The normalized spacial score (nSPS) is 12.7. The Labute approximate surface area is 90.0 Å². The van der Waals surface area contributed by atoms with E-state index in [1.165, 1.54) is 51.5 Å². The van der Waals surface area contributed by atoms with Gasteiger partial charge >= 0.3 is 0 Å². The molecule has 1 nitrogen and oxygen atoms in total. The van der Waals surface area contributed by atoms with E-state index in [1.54, 1.807) is 0 Å². The van der Waals surface area contributed by atoms with Gasteiger partial charge in [0.15, 0.2) is 0 Å². The second-order valence-corrected chi connectivity index (χ2v) is 3.99. The van der Waals surface area contributed by atoms with Gasteiger partial charge in [0.1, 0.15) is 0 Å². The van der Waals surface area contributed by atoms with Gasteiger partial charge in [0, 0.05) is 6.04 Å². The van der Waals surface area contributed by atoms with Crippen molar-refractivity contribution in [3.8, 4) is 0 Å². The van der Waals surface area contributed by atoms with Gasteiger partial charge in [-0.3, -0.25) is 0 Å². The zero-order valence-electron chi connectivity index (χ0n) is 10.0. The highest BCUT2D eigenvalue weighted by molar-refractivity contribution is 4.67. The summed E-state index contributed by atoms with van der Waals surface area (Å²) in [5.74, 6) is 0. The van der Waals surface area contributed by atoms with Crippen molar-refractivity contribution in [3.05, 3.63) is 12.7 Å². The molecule has 1 unspecified atom stereocenters. The summed E-state index contributed by atoms with van der Waals surface area (Å²) >= 11 is 0. The van der Waals surface area contributed by atoms with Gasteiger partial charge < -0.3 is 5.32 Å². The Balaban J connectivity index is 3.28. The zero-order valence-corrected chi connectivity index (χ0v) is 10.0. The largest absolute Gasteiger partial charge is 0.314 e. The van der Waals surface area contributed by atoms with Crippen LogP contribution in [-0.2, 0) is 0 Å². The minimum atomic E-state index is 0.749. The predicted molar refractivity (Wildman–Crippen MR) is 65.7 cm³/mol. The highest BCUT2D eigenvalue weighted by Gasteiger charge is 2.03. The van der Waals surface area contributed by atoms with E-state index in [9.17, 15) is 0 Å². The van der Waals surface area contributed by atoms with Crippen LogP contribution in [0.2, 0.25) is 0 Å². The van der Waals surface area contributed by atoms with Crippen molar-refractivity contribution in [2.24, 2.45) is 0 Å². The molecule has 84 valence electrons. The maximum Gasteiger partial charge on any atom is 0.00644 e. The predicted octanol–water partition coefficient (Wildman–Crippen LogP) is 3.90. The fraction of sp³-hybridized carbons (Fsp3) is 0.846. The smallest absolute Gasteiger partial charge is 0.00644 e. The molecule has 0 spiro atoms. The number of allylic oxidation sites excluding steroid dienone is 1. The Bertz CT molecular complexity index is 120. The molecule has 0 rings (SSSR count). The van der Waals surface area contributed by atoms with Crippen molar-refractivity contribution in [2.45, 2.75) is 64.8 Å². The van der Waals surface area contributed by atoms with Gasteiger partial charge in [0.2, 0.25) is 0 Å². The fourth-order valence-corrected chi connectivity index (χ4v) is 1.66. The lowest BCUT2D eigenvalue weighted by atomic mass is 10.1. The van der Waals surface area contributed by atoms with Crippen molar-refractivity contribution in [1.82, 2.24) is 5.32 Å². The van der Waals surface area contributed by atoms with Gasteiger partial charge in [-0.1, -0.05) is 32.8 Å². The molecular weight excluding hydrogens is 170 g/mol. The minimum Gasteiger partial charge on any atom is -0.314 e. The summed E-state index contributed by atoms with van der Waals surface area (Å²) < 4.78 is 0. The summed E-state index contributed by atoms with van der Waals surface area (Å²) in [7, 11) is 0. The van der Waals surface area contributed by atoms with E-state index in [0.29, 0.717) is 0 Å². The molecule has 0 saturated carbocycles. The first-order valence-electron chi connectivity index (χ1n) is 6.19. The molecule has 0 bridgehead atoms. The van der Waals surface area contributed by atoms with Crippen molar-refractivity contribution in [2.75, 3.05) is 6.54 Å². The second kappa shape index (κ2) is 10.8. The number of hydrogen-bond donors (Lipinski definition) is 1. The first-order chi connectivity index (χ1) is 6.85. The van der Waals surface area contributed by atoms with Crippen LogP contribution in [0.15, 0.2) is 12.7 Å². The first kappa shape index (κ1) is 13.7. The summed E-state index contributed by atoms with van der Waals surface area (Å²) in [6, 6.07) is 0.749. The molecule has 14 heavy (non-hydrogen) atoms. The number of rotatable bonds is 10. The van der Waals surface area contributed by atoms with Crippen LogP contribution in [0.25, 0.3) is 0 Å². The highest BCUT2D eigenvalue weighted by Crippen LogP contribution is 2.08. The van der Waals surface area contributed by atoms with Crippen LogP contribution in [0.4, 0.5) is 0 Å². The summed E-state index contributed by atoms with van der Waals surface area (Å²) in [6.07, 6.45) is 11.1. The van der Waals surface area contributed by atoms with E-state index >= 15 is 0 Å². The van der Waals surface area contributed by atoms with E-state index in [-0.39, 0.29) is 0 Å². The summed E-state index contributed by atoms with van der Waals surface area (Å²) in [5.41, 5.74) is 0. The van der Waals surface area contributed by atoms with E-state index in [4.69, 9.17) is 0 Å². The molecule has 0 amide bonds. The van der Waals surface area contributed by atoms with Crippen LogP contribution in [0.3, 0.4) is 0 Å². The van der Waals surface area contributed by atoms with Gasteiger partial charge in [0.05, 0.1) is 0 Å². The molecule has 1 N–H and O–H groups in total. The second-order valence-electron chi connectivity index (χ2n) is 3.99. The fourth-order valence-electron chi connectivity index (χ4n) is 1.66. The van der Waals surface area contributed by atoms with Crippen molar-refractivity contribution in [3.63, 3.8) is 0 Å². The van der Waals surface area contributed by atoms with Crippen LogP contribution in [-0.4, -0.2) is 12.6 Å². The number of unbranched alkanes of at least 4 members (excludes halogenated alkanes) is 3. The lowest BCUT2D eigenvalue weighted by Crippen LogP contribution is -2.28. The molecule has 1 heteroatoms.